The highest BCUT2D eigenvalue weighted by atomic mass is 32.2. The third-order valence-electron chi connectivity index (χ3n) is 6.14. The Labute approximate surface area is 207 Å². The molecule has 1 fully saturated rings. The van der Waals surface area contributed by atoms with Crippen molar-refractivity contribution in [3.05, 3.63) is 53.5 Å². The van der Waals surface area contributed by atoms with E-state index in [4.69, 9.17) is 10.5 Å². The van der Waals surface area contributed by atoms with Crippen LogP contribution in [0.1, 0.15) is 22.8 Å². The number of aryl methyl sites for hydroxylation is 1. The van der Waals surface area contributed by atoms with Gasteiger partial charge in [-0.2, -0.15) is 4.31 Å². The third-order valence-corrected chi connectivity index (χ3v) is 8.02. The van der Waals surface area contributed by atoms with Crippen LogP contribution in [0.3, 0.4) is 0 Å². The highest BCUT2D eigenvalue weighted by Crippen LogP contribution is 2.34. The number of hydrogen-bond acceptors (Lipinski definition) is 7. The highest BCUT2D eigenvalue weighted by Gasteiger charge is 2.30. The molecule has 1 aliphatic rings. The second-order valence-electron chi connectivity index (χ2n) is 8.43. The van der Waals surface area contributed by atoms with Crippen molar-refractivity contribution in [2.45, 2.75) is 18.7 Å². The minimum atomic E-state index is -3.91. The molecule has 2 aromatic carbocycles. The average molecular weight is 516 g/mol. The number of piperazine rings is 1. The van der Waals surface area contributed by atoms with Gasteiger partial charge in [-0.05, 0) is 36.8 Å². The van der Waals surface area contributed by atoms with Gasteiger partial charge in [0.1, 0.15) is 0 Å². The SMILES string of the molecule is COc1cc(Nc2c(C(N)=O)cnc3c(C)cc(S(=O)(=O)N4CCN(C(C)=O)CC4)cc23)ccc1F. The van der Waals surface area contributed by atoms with Gasteiger partial charge < -0.3 is 20.7 Å². The number of carbonyl (C=O) groups excluding carboxylic acids is 2. The van der Waals surface area contributed by atoms with E-state index >= 15 is 0 Å². The number of ether oxygens (including phenoxy) is 1. The molecular weight excluding hydrogens is 489 g/mol. The van der Waals surface area contributed by atoms with Crippen LogP contribution in [0.4, 0.5) is 15.8 Å². The van der Waals surface area contributed by atoms with Crippen LogP contribution >= 0.6 is 0 Å². The Balaban J connectivity index is 1.82. The van der Waals surface area contributed by atoms with Crippen LogP contribution in [-0.2, 0) is 14.8 Å². The molecule has 2 amide bonds. The van der Waals surface area contributed by atoms with E-state index in [0.717, 1.165) is 0 Å². The van der Waals surface area contributed by atoms with E-state index in [2.05, 4.69) is 10.3 Å². The van der Waals surface area contributed by atoms with E-state index in [1.807, 2.05) is 0 Å². The maximum atomic E-state index is 13.9. The van der Waals surface area contributed by atoms with Crippen LogP contribution in [0.25, 0.3) is 10.9 Å². The minimum Gasteiger partial charge on any atom is -0.494 e. The molecule has 10 nitrogen and oxygen atoms in total. The predicted octanol–water partition coefficient (Wildman–Crippen LogP) is 2.39. The molecule has 0 saturated carbocycles. The molecule has 190 valence electrons. The van der Waals surface area contributed by atoms with Crippen molar-refractivity contribution in [2.75, 3.05) is 38.6 Å². The van der Waals surface area contributed by atoms with Gasteiger partial charge in [0.15, 0.2) is 11.6 Å². The molecule has 3 N–H and O–H groups in total. The zero-order chi connectivity index (χ0) is 26.2. The van der Waals surface area contributed by atoms with Crippen LogP contribution in [-0.4, -0.2) is 67.7 Å². The summed E-state index contributed by atoms with van der Waals surface area (Å²) in [5.74, 6) is -1.45. The summed E-state index contributed by atoms with van der Waals surface area (Å²) in [6.45, 7) is 4.10. The van der Waals surface area contributed by atoms with E-state index < -0.39 is 21.7 Å². The van der Waals surface area contributed by atoms with Crippen molar-refractivity contribution in [3.63, 3.8) is 0 Å². The molecule has 0 unspecified atom stereocenters. The summed E-state index contributed by atoms with van der Waals surface area (Å²) in [6.07, 6.45) is 1.32. The summed E-state index contributed by atoms with van der Waals surface area (Å²) >= 11 is 0. The van der Waals surface area contributed by atoms with Gasteiger partial charge in [-0.1, -0.05) is 0 Å². The molecular formula is C24H26FN5O5S. The molecule has 2 heterocycles. The molecule has 12 heteroatoms. The van der Waals surface area contributed by atoms with Crippen LogP contribution in [0, 0.1) is 12.7 Å². The molecule has 0 aliphatic carbocycles. The van der Waals surface area contributed by atoms with Crippen molar-refractivity contribution < 1.29 is 27.1 Å². The minimum absolute atomic E-state index is 0.0110. The fourth-order valence-electron chi connectivity index (χ4n) is 4.19. The van der Waals surface area contributed by atoms with Crippen LogP contribution < -0.4 is 15.8 Å². The van der Waals surface area contributed by atoms with Crippen molar-refractivity contribution in [1.29, 1.82) is 0 Å². The first kappa shape index (κ1) is 25.3. The zero-order valence-corrected chi connectivity index (χ0v) is 20.9. The van der Waals surface area contributed by atoms with Crippen LogP contribution in [0.2, 0.25) is 0 Å². The summed E-state index contributed by atoms with van der Waals surface area (Å²) in [5, 5.41) is 3.42. The lowest BCUT2D eigenvalue weighted by molar-refractivity contribution is -0.129. The summed E-state index contributed by atoms with van der Waals surface area (Å²) in [7, 11) is -2.58. The Morgan fingerprint density at radius 2 is 1.83 bits per heavy atom. The van der Waals surface area contributed by atoms with Crippen molar-refractivity contribution in [3.8, 4) is 5.75 Å². The van der Waals surface area contributed by atoms with Gasteiger partial charge in [-0.15, -0.1) is 0 Å². The third kappa shape index (κ3) is 4.69. The van der Waals surface area contributed by atoms with Gasteiger partial charge in [0.25, 0.3) is 5.91 Å². The number of nitrogens with two attached hydrogens (primary N) is 1. The topological polar surface area (TPSA) is 135 Å². The summed E-state index contributed by atoms with van der Waals surface area (Å²) in [4.78, 5) is 29.8. The van der Waals surface area contributed by atoms with Crippen molar-refractivity contribution in [2.24, 2.45) is 5.73 Å². The number of methoxy groups -OCH3 is 1. The molecule has 0 spiro atoms. The molecule has 1 saturated heterocycles. The van der Waals surface area contributed by atoms with Gasteiger partial charge in [-0.3, -0.25) is 14.6 Å². The number of fused-ring (bicyclic) bond motifs is 1. The molecule has 1 aliphatic heterocycles. The average Bonchev–Trinajstić information content (AvgIpc) is 2.85. The number of primary amides is 1. The Morgan fingerprint density at radius 1 is 1.14 bits per heavy atom. The maximum Gasteiger partial charge on any atom is 0.252 e. The number of hydrogen-bond donors (Lipinski definition) is 2. The van der Waals surface area contributed by atoms with Crippen molar-refractivity contribution >= 4 is 44.1 Å². The van der Waals surface area contributed by atoms with Crippen molar-refractivity contribution in [1.82, 2.24) is 14.2 Å². The largest absolute Gasteiger partial charge is 0.494 e. The van der Waals surface area contributed by atoms with Gasteiger partial charge in [0.05, 0.1) is 28.8 Å². The maximum absolute atomic E-state index is 13.9. The molecule has 1 aromatic heterocycles. The van der Waals surface area contributed by atoms with E-state index in [1.165, 1.54) is 54.9 Å². The number of aromatic nitrogens is 1. The zero-order valence-electron chi connectivity index (χ0n) is 20.0. The Kier molecular flexibility index (Phi) is 6.83. The number of benzene rings is 2. The fourth-order valence-corrected chi connectivity index (χ4v) is 5.73. The number of nitrogens with one attached hydrogen (secondary N) is 1. The van der Waals surface area contributed by atoms with E-state index in [-0.39, 0.29) is 40.9 Å². The number of amides is 2. The van der Waals surface area contributed by atoms with Gasteiger partial charge >= 0.3 is 0 Å². The first-order chi connectivity index (χ1) is 17.0. The molecule has 3 aromatic rings. The number of halogens is 1. The highest BCUT2D eigenvalue weighted by molar-refractivity contribution is 7.89. The smallest absolute Gasteiger partial charge is 0.252 e. The van der Waals surface area contributed by atoms with Gasteiger partial charge in [0, 0.05) is 56.4 Å². The monoisotopic (exact) mass is 515 g/mol. The molecule has 36 heavy (non-hydrogen) atoms. The number of carbonyl (C=O) groups is 2. The lowest BCUT2D eigenvalue weighted by Crippen LogP contribution is -2.49. The Bertz CT molecular complexity index is 1470. The van der Waals surface area contributed by atoms with E-state index in [9.17, 15) is 22.4 Å². The Morgan fingerprint density at radius 3 is 2.44 bits per heavy atom. The quantitative estimate of drug-likeness (QED) is 0.515. The summed E-state index contributed by atoms with van der Waals surface area (Å²) in [5.41, 5.74) is 7.31. The first-order valence-corrected chi connectivity index (χ1v) is 12.6. The summed E-state index contributed by atoms with van der Waals surface area (Å²) < 4.78 is 47.3. The molecule has 0 radical (unpaired) electrons. The second kappa shape index (κ2) is 9.70. The number of nitrogens with zero attached hydrogens (tertiary/aromatic N) is 3. The fraction of sp³-hybridized carbons (Fsp3) is 0.292. The number of anilines is 2. The lowest BCUT2D eigenvalue weighted by atomic mass is 10.1. The summed E-state index contributed by atoms with van der Waals surface area (Å²) in [6, 6.07) is 7.04. The van der Waals surface area contributed by atoms with E-state index in [0.29, 0.717) is 35.2 Å². The Hall–Kier alpha value is -3.77. The van der Waals surface area contributed by atoms with Gasteiger partial charge in [0.2, 0.25) is 15.9 Å². The normalized spacial score (nSPS) is 14.6. The second-order valence-corrected chi connectivity index (χ2v) is 10.4. The number of pyridine rings is 1. The number of sulfonamides is 1. The molecule has 0 bridgehead atoms. The molecule has 4 rings (SSSR count). The lowest BCUT2D eigenvalue weighted by Gasteiger charge is -2.33. The first-order valence-electron chi connectivity index (χ1n) is 11.1. The van der Waals surface area contributed by atoms with Crippen LogP contribution in [0.15, 0.2) is 41.4 Å². The molecule has 0 atom stereocenters. The van der Waals surface area contributed by atoms with Gasteiger partial charge in [-0.25, -0.2) is 12.8 Å². The standard InChI is InChI=1S/C24H26FN5O5S/c1-14-10-17(36(33,34)30-8-6-29(7-9-30)15(2)31)12-18-22(14)27-13-19(24(26)32)23(18)28-16-4-5-20(25)21(11-16)35-3/h4-5,10-13H,6-9H2,1-3H3,(H2,26,32)(H,27,28). The van der Waals surface area contributed by atoms with E-state index in [1.54, 1.807) is 11.8 Å². The number of rotatable bonds is 6. The predicted molar refractivity (Wildman–Crippen MR) is 132 cm³/mol. The van der Waals surface area contributed by atoms with Crippen LogP contribution in [0.5, 0.6) is 5.75 Å².